The summed E-state index contributed by atoms with van der Waals surface area (Å²) in [5.41, 5.74) is 7.40. The first kappa shape index (κ1) is 31.8. The molecule has 4 aromatic carbocycles. The fourth-order valence-corrected chi connectivity index (χ4v) is 5.44. The van der Waals surface area contributed by atoms with Gasteiger partial charge >= 0.3 is 0 Å². The van der Waals surface area contributed by atoms with Crippen LogP contribution in [0.4, 0.5) is 5.69 Å². The van der Waals surface area contributed by atoms with Crippen molar-refractivity contribution in [1.82, 2.24) is 5.43 Å². The molecule has 0 atom stereocenters. The summed E-state index contributed by atoms with van der Waals surface area (Å²) < 4.78 is 18.6. The summed E-state index contributed by atoms with van der Waals surface area (Å²) in [4.78, 5) is 25.3. The number of carbonyl (C=O) groups is 2. The highest BCUT2D eigenvalue weighted by atomic mass is 79.9. The lowest BCUT2D eigenvalue weighted by molar-refractivity contribution is -0.118. The van der Waals surface area contributed by atoms with Gasteiger partial charge in [-0.15, -0.1) is 0 Å². The molecule has 10 heteroatoms. The van der Waals surface area contributed by atoms with Gasteiger partial charge in [-0.1, -0.05) is 42.5 Å². The number of ether oxygens (including phenoxy) is 3. The van der Waals surface area contributed by atoms with E-state index in [9.17, 15) is 9.59 Å². The van der Waals surface area contributed by atoms with Crippen molar-refractivity contribution in [2.24, 2.45) is 5.10 Å². The summed E-state index contributed by atoms with van der Waals surface area (Å²) >= 11 is 6.98. The molecule has 43 heavy (non-hydrogen) atoms. The lowest BCUT2D eigenvalue weighted by Gasteiger charge is -2.13. The van der Waals surface area contributed by atoms with Crippen LogP contribution < -0.4 is 25.0 Å². The maximum atomic E-state index is 12.8. The van der Waals surface area contributed by atoms with Gasteiger partial charge in [-0.2, -0.15) is 5.10 Å². The second kappa shape index (κ2) is 15.4. The molecule has 222 valence electrons. The fraction of sp³-hybridized carbons (Fsp3) is 0.182. The van der Waals surface area contributed by atoms with Gasteiger partial charge in [0.2, 0.25) is 0 Å². The van der Waals surface area contributed by atoms with Crippen LogP contribution in [0.15, 0.2) is 92.9 Å². The molecule has 0 heterocycles. The van der Waals surface area contributed by atoms with Crippen LogP contribution in [0.5, 0.6) is 17.2 Å². The van der Waals surface area contributed by atoms with Crippen LogP contribution in [0.1, 0.15) is 39.5 Å². The predicted molar refractivity (Wildman–Crippen MR) is 175 cm³/mol. The molecule has 0 aliphatic carbocycles. The average molecular weight is 709 g/mol. The van der Waals surface area contributed by atoms with Gasteiger partial charge in [0.05, 0.1) is 21.8 Å². The summed E-state index contributed by atoms with van der Waals surface area (Å²) in [6.07, 6.45) is 1.51. The predicted octanol–water partition coefficient (Wildman–Crippen LogP) is 7.59. The van der Waals surface area contributed by atoms with E-state index in [0.717, 1.165) is 22.4 Å². The number of rotatable bonds is 12. The third kappa shape index (κ3) is 9.17. The molecule has 4 aromatic rings. The van der Waals surface area contributed by atoms with Crippen molar-refractivity contribution in [1.29, 1.82) is 0 Å². The first-order valence-electron chi connectivity index (χ1n) is 13.5. The van der Waals surface area contributed by atoms with Crippen LogP contribution in [-0.2, 0) is 11.4 Å². The van der Waals surface area contributed by atoms with E-state index in [1.54, 1.807) is 30.3 Å². The normalized spacial score (nSPS) is 10.8. The zero-order valence-corrected chi connectivity index (χ0v) is 27.1. The summed E-state index contributed by atoms with van der Waals surface area (Å²) in [6.45, 7) is 6.40. The van der Waals surface area contributed by atoms with Crippen LogP contribution >= 0.6 is 31.9 Å². The standard InChI is InChI=1S/C33H31Br2N3O5/c1-4-41-30-17-25(12-13-29(30)42-19-23-8-6-5-7-9-23)33(40)38-36-18-24-15-26(34)32(27(35)16-24)43-20-31(39)37-28-14-21(2)10-11-22(28)3/h5-18H,4,19-20H2,1-3H3,(H,37,39)(H,38,40)/b36-18+. The van der Waals surface area contributed by atoms with E-state index in [4.69, 9.17) is 14.2 Å². The van der Waals surface area contributed by atoms with Crippen LogP contribution in [0, 0.1) is 13.8 Å². The number of benzene rings is 4. The molecular formula is C33H31Br2N3O5. The Bertz CT molecular complexity index is 1600. The Kier molecular flexibility index (Phi) is 11.4. The number of hydrazone groups is 1. The largest absolute Gasteiger partial charge is 0.490 e. The molecule has 0 unspecified atom stereocenters. The Morgan fingerprint density at radius 3 is 2.33 bits per heavy atom. The number of aryl methyl sites for hydroxylation is 2. The maximum absolute atomic E-state index is 12.8. The molecule has 0 aromatic heterocycles. The third-order valence-corrected chi connectivity index (χ3v) is 7.34. The zero-order valence-electron chi connectivity index (χ0n) is 23.9. The fourth-order valence-electron chi connectivity index (χ4n) is 3.99. The van der Waals surface area contributed by atoms with E-state index >= 15 is 0 Å². The minimum Gasteiger partial charge on any atom is -0.490 e. The highest BCUT2D eigenvalue weighted by molar-refractivity contribution is 9.11. The van der Waals surface area contributed by atoms with Crippen LogP contribution in [-0.4, -0.2) is 31.2 Å². The zero-order chi connectivity index (χ0) is 30.8. The first-order valence-corrected chi connectivity index (χ1v) is 15.1. The van der Waals surface area contributed by atoms with Crippen LogP contribution in [0.2, 0.25) is 0 Å². The van der Waals surface area contributed by atoms with Crippen molar-refractivity contribution in [3.63, 3.8) is 0 Å². The maximum Gasteiger partial charge on any atom is 0.271 e. The Labute approximate surface area is 267 Å². The SMILES string of the molecule is CCOc1cc(C(=O)N/N=C/c2cc(Br)c(OCC(=O)Nc3cc(C)ccc3C)c(Br)c2)ccc1OCc1ccccc1. The summed E-state index contributed by atoms with van der Waals surface area (Å²) in [7, 11) is 0. The molecular weight excluding hydrogens is 678 g/mol. The average Bonchev–Trinajstić information content (AvgIpc) is 2.98. The molecule has 0 saturated heterocycles. The first-order chi connectivity index (χ1) is 20.7. The van der Waals surface area contributed by atoms with Gasteiger partial charge in [0.25, 0.3) is 11.8 Å². The lowest BCUT2D eigenvalue weighted by Crippen LogP contribution is -2.21. The molecule has 0 spiro atoms. The quantitative estimate of drug-likeness (QED) is 0.117. The van der Waals surface area contributed by atoms with E-state index in [0.29, 0.717) is 50.5 Å². The van der Waals surface area contributed by atoms with E-state index in [2.05, 4.69) is 47.7 Å². The monoisotopic (exact) mass is 707 g/mol. The molecule has 0 bridgehead atoms. The van der Waals surface area contributed by atoms with Gasteiger partial charge in [0.1, 0.15) is 12.4 Å². The second-order valence-electron chi connectivity index (χ2n) is 9.54. The number of hydrogen-bond acceptors (Lipinski definition) is 6. The van der Waals surface area contributed by atoms with Gasteiger partial charge in [-0.05, 0) is 111 Å². The summed E-state index contributed by atoms with van der Waals surface area (Å²) in [6, 6.07) is 24.2. The number of nitrogens with one attached hydrogen (secondary N) is 2. The van der Waals surface area contributed by atoms with Crippen LogP contribution in [0.3, 0.4) is 0 Å². The molecule has 0 saturated carbocycles. The third-order valence-electron chi connectivity index (χ3n) is 6.16. The van der Waals surface area contributed by atoms with Crippen molar-refractivity contribution in [2.75, 3.05) is 18.5 Å². The Balaban J connectivity index is 1.34. The Hall–Kier alpha value is -4.15. The second-order valence-corrected chi connectivity index (χ2v) is 11.2. The van der Waals surface area contributed by atoms with Crippen molar-refractivity contribution < 1.29 is 23.8 Å². The molecule has 2 amide bonds. The number of carbonyl (C=O) groups excluding carboxylic acids is 2. The van der Waals surface area contributed by atoms with Gasteiger partial charge in [0.15, 0.2) is 18.1 Å². The smallest absolute Gasteiger partial charge is 0.271 e. The van der Waals surface area contributed by atoms with Crippen molar-refractivity contribution in [2.45, 2.75) is 27.4 Å². The molecule has 0 aliphatic heterocycles. The highest BCUT2D eigenvalue weighted by Crippen LogP contribution is 2.34. The topological polar surface area (TPSA) is 98.3 Å². The van der Waals surface area contributed by atoms with Gasteiger partial charge in [-0.3, -0.25) is 9.59 Å². The van der Waals surface area contributed by atoms with E-state index in [1.807, 2.05) is 69.3 Å². The van der Waals surface area contributed by atoms with Crippen molar-refractivity contribution >= 4 is 55.6 Å². The Morgan fingerprint density at radius 2 is 1.60 bits per heavy atom. The molecule has 4 rings (SSSR count). The molecule has 8 nitrogen and oxygen atoms in total. The Morgan fingerprint density at radius 1 is 0.860 bits per heavy atom. The summed E-state index contributed by atoms with van der Waals surface area (Å²) in [5, 5.41) is 6.98. The number of halogens is 2. The van der Waals surface area contributed by atoms with Gasteiger partial charge in [0, 0.05) is 11.3 Å². The number of amides is 2. The summed E-state index contributed by atoms with van der Waals surface area (Å²) in [5.74, 6) is 0.811. The van der Waals surface area contributed by atoms with Gasteiger partial charge in [-0.25, -0.2) is 5.43 Å². The molecule has 0 radical (unpaired) electrons. The number of nitrogens with zero attached hydrogens (tertiary/aromatic N) is 1. The highest BCUT2D eigenvalue weighted by Gasteiger charge is 2.14. The van der Waals surface area contributed by atoms with Crippen molar-refractivity contribution in [3.8, 4) is 17.2 Å². The molecule has 0 fully saturated rings. The van der Waals surface area contributed by atoms with Crippen molar-refractivity contribution in [3.05, 3.63) is 116 Å². The van der Waals surface area contributed by atoms with E-state index in [-0.39, 0.29) is 12.5 Å². The minimum atomic E-state index is -0.403. The minimum absolute atomic E-state index is 0.173. The van der Waals surface area contributed by atoms with Crippen LogP contribution in [0.25, 0.3) is 0 Å². The molecule has 2 N–H and O–H groups in total. The number of anilines is 1. The number of hydrogen-bond donors (Lipinski definition) is 2. The van der Waals surface area contributed by atoms with E-state index < -0.39 is 5.91 Å². The lowest BCUT2D eigenvalue weighted by atomic mass is 10.1. The van der Waals surface area contributed by atoms with E-state index in [1.165, 1.54) is 6.21 Å². The van der Waals surface area contributed by atoms with Gasteiger partial charge < -0.3 is 19.5 Å². The molecule has 0 aliphatic rings.